The fourth-order valence-electron chi connectivity index (χ4n) is 2.92. The minimum absolute atomic E-state index is 0.0995. The standard InChI is InChI=1S/C10H15BrO/c1-9(2)6-4-7(11)10(9,3)8(12)5-6/h6-7H,4-5H2,1-3H3/t6-,7+,10-/m1/s1. The normalized spacial score (nSPS) is 50.2. The van der Waals surface area contributed by atoms with E-state index >= 15 is 0 Å². The first-order chi connectivity index (χ1) is 5.40. The molecule has 2 aliphatic carbocycles. The molecule has 0 aromatic heterocycles. The van der Waals surface area contributed by atoms with Crippen LogP contribution in [0, 0.1) is 16.7 Å². The lowest BCUT2D eigenvalue weighted by atomic mass is 9.70. The van der Waals surface area contributed by atoms with Crippen LogP contribution in [0.5, 0.6) is 0 Å². The number of rotatable bonds is 0. The number of alkyl halides is 1. The van der Waals surface area contributed by atoms with Crippen LogP contribution in [-0.2, 0) is 4.79 Å². The van der Waals surface area contributed by atoms with Crippen molar-refractivity contribution < 1.29 is 4.79 Å². The van der Waals surface area contributed by atoms with Gasteiger partial charge in [-0.2, -0.15) is 0 Å². The van der Waals surface area contributed by atoms with Crippen molar-refractivity contribution >= 4 is 21.7 Å². The van der Waals surface area contributed by atoms with Crippen LogP contribution in [0.25, 0.3) is 0 Å². The third-order valence-corrected chi connectivity index (χ3v) is 5.78. The average molecular weight is 231 g/mol. The maximum Gasteiger partial charge on any atom is 0.140 e. The molecule has 12 heavy (non-hydrogen) atoms. The molecule has 0 saturated heterocycles. The van der Waals surface area contributed by atoms with Gasteiger partial charge in [-0.1, -0.05) is 36.7 Å². The maximum atomic E-state index is 11.8. The molecule has 2 saturated carbocycles. The van der Waals surface area contributed by atoms with Gasteiger partial charge in [0, 0.05) is 16.7 Å². The highest BCUT2D eigenvalue weighted by Crippen LogP contribution is 2.65. The van der Waals surface area contributed by atoms with Gasteiger partial charge in [-0.15, -0.1) is 0 Å². The first kappa shape index (κ1) is 8.74. The molecule has 0 aromatic carbocycles. The molecule has 68 valence electrons. The van der Waals surface area contributed by atoms with E-state index in [0.717, 1.165) is 6.42 Å². The van der Waals surface area contributed by atoms with Crippen LogP contribution < -0.4 is 0 Å². The van der Waals surface area contributed by atoms with Crippen molar-refractivity contribution in [1.82, 2.24) is 0 Å². The van der Waals surface area contributed by atoms with Crippen LogP contribution in [0.15, 0.2) is 0 Å². The molecule has 2 bridgehead atoms. The van der Waals surface area contributed by atoms with E-state index in [-0.39, 0.29) is 10.8 Å². The number of halogens is 1. The van der Waals surface area contributed by atoms with Gasteiger partial charge in [-0.25, -0.2) is 0 Å². The number of carbonyl (C=O) groups excluding carboxylic acids is 1. The second-order valence-electron chi connectivity index (χ2n) is 4.95. The Balaban J connectivity index is 2.51. The highest BCUT2D eigenvalue weighted by atomic mass is 79.9. The summed E-state index contributed by atoms with van der Waals surface area (Å²) in [5.41, 5.74) is 0.107. The van der Waals surface area contributed by atoms with Crippen LogP contribution >= 0.6 is 15.9 Å². The summed E-state index contributed by atoms with van der Waals surface area (Å²) in [5.74, 6) is 1.07. The van der Waals surface area contributed by atoms with Crippen LogP contribution in [0.2, 0.25) is 0 Å². The van der Waals surface area contributed by atoms with Gasteiger partial charge in [-0.05, 0) is 17.8 Å². The van der Waals surface area contributed by atoms with Crippen LogP contribution in [0.4, 0.5) is 0 Å². The van der Waals surface area contributed by atoms with Gasteiger partial charge in [0.25, 0.3) is 0 Å². The first-order valence-electron chi connectivity index (χ1n) is 4.58. The van der Waals surface area contributed by atoms with Crippen molar-refractivity contribution in [1.29, 1.82) is 0 Å². The topological polar surface area (TPSA) is 17.1 Å². The lowest BCUT2D eigenvalue weighted by molar-refractivity contribution is -0.127. The van der Waals surface area contributed by atoms with Crippen molar-refractivity contribution in [2.45, 2.75) is 38.4 Å². The molecule has 0 aliphatic heterocycles. The van der Waals surface area contributed by atoms with E-state index in [1.807, 2.05) is 0 Å². The number of hydrogen-bond acceptors (Lipinski definition) is 1. The smallest absolute Gasteiger partial charge is 0.140 e. The van der Waals surface area contributed by atoms with Crippen LogP contribution in [0.1, 0.15) is 33.6 Å². The molecule has 0 aromatic rings. The van der Waals surface area contributed by atoms with Gasteiger partial charge in [0.15, 0.2) is 0 Å². The first-order valence-corrected chi connectivity index (χ1v) is 5.49. The molecular formula is C10H15BrO. The summed E-state index contributed by atoms with van der Waals surface area (Å²) in [6.45, 7) is 6.61. The number of hydrogen-bond donors (Lipinski definition) is 0. The molecular weight excluding hydrogens is 216 g/mol. The number of ketones is 1. The van der Waals surface area contributed by atoms with Gasteiger partial charge in [0.1, 0.15) is 5.78 Å². The summed E-state index contributed by atoms with van der Waals surface area (Å²) in [6, 6.07) is 0. The Kier molecular flexibility index (Phi) is 1.56. The zero-order valence-corrected chi connectivity index (χ0v) is 9.44. The number of fused-ring (bicyclic) bond motifs is 2. The lowest BCUT2D eigenvalue weighted by Crippen LogP contribution is -2.38. The van der Waals surface area contributed by atoms with E-state index in [0.29, 0.717) is 16.5 Å². The molecule has 1 nitrogen and oxygen atoms in total. The van der Waals surface area contributed by atoms with Gasteiger partial charge >= 0.3 is 0 Å². The second-order valence-corrected chi connectivity index (χ2v) is 6.06. The Labute approximate surface area is 82.0 Å². The minimum Gasteiger partial charge on any atom is -0.299 e. The zero-order valence-electron chi connectivity index (χ0n) is 7.86. The van der Waals surface area contributed by atoms with Crippen molar-refractivity contribution in [3.05, 3.63) is 0 Å². The van der Waals surface area contributed by atoms with E-state index in [4.69, 9.17) is 0 Å². The molecule has 2 heteroatoms. The van der Waals surface area contributed by atoms with E-state index in [1.54, 1.807) is 0 Å². The summed E-state index contributed by atoms with van der Waals surface area (Å²) in [6.07, 6.45) is 1.99. The van der Waals surface area contributed by atoms with Gasteiger partial charge in [0.2, 0.25) is 0 Å². The van der Waals surface area contributed by atoms with E-state index in [9.17, 15) is 4.79 Å². The van der Waals surface area contributed by atoms with Crippen molar-refractivity contribution in [3.63, 3.8) is 0 Å². The molecule has 2 fully saturated rings. The van der Waals surface area contributed by atoms with Crippen molar-refractivity contribution in [3.8, 4) is 0 Å². The quantitative estimate of drug-likeness (QED) is 0.586. The number of Topliss-reactive ketones (excluding diaryl/α,β-unsaturated/α-hetero) is 1. The summed E-state index contributed by atoms with van der Waals surface area (Å²) in [5, 5.41) is 0. The molecule has 3 atom stereocenters. The Morgan fingerprint density at radius 3 is 2.25 bits per heavy atom. The van der Waals surface area contributed by atoms with E-state index < -0.39 is 0 Å². The Hall–Kier alpha value is 0.150. The summed E-state index contributed by atoms with van der Waals surface area (Å²) < 4.78 is 0. The van der Waals surface area contributed by atoms with Gasteiger partial charge in [-0.3, -0.25) is 4.79 Å². The molecule has 2 rings (SSSR count). The molecule has 0 spiro atoms. The molecule has 0 radical (unpaired) electrons. The molecule has 0 amide bonds. The second kappa shape index (κ2) is 2.14. The maximum absolute atomic E-state index is 11.8. The highest BCUT2D eigenvalue weighted by molar-refractivity contribution is 9.09. The highest BCUT2D eigenvalue weighted by Gasteiger charge is 2.65. The molecule has 0 heterocycles. The molecule has 2 aliphatic rings. The SMILES string of the molecule is CC1(C)[C@H]2CC(=O)[C@@]1(C)[C@@H](Br)C2. The lowest BCUT2D eigenvalue weighted by Gasteiger charge is -2.35. The predicted molar refractivity (Wildman–Crippen MR) is 52.3 cm³/mol. The summed E-state index contributed by atoms with van der Waals surface area (Å²) in [7, 11) is 0. The van der Waals surface area contributed by atoms with Crippen LogP contribution in [-0.4, -0.2) is 10.6 Å². The molecule has 0 N–H and O–H groups in total. The monoisotopic (exact) mass is 230 g/mol. The van der Waals surface area contributed by atoms with E-state index in [2.05, 4.69) is 36.7 Å². The third-order valence-electron chi connectivity index (χ3n) is 4.49. The Morgan fingerprint density at radius 2 is 2.00 bits per heavy atom. The van der Waals surface area contributed by atoms with E-state index in [1.165, 1.54) is 6.42 Å². The molecule has 0 unspecified atom stereocenters. The zero-order chi connectivity index (χ0) is 9.15. The van der Waals surface area contributed by atoms with Gasteiger partial charge < -0.3 is 0 Å². The largest absolute Gasteiger partial charge is 0.299 e. The predicted octanol–water partition coefficient (Wildman–Crippen LogP) is 2.78. The Morgan fingerprint density at radius 1 is 1.42 bits per heavy atom. The number of carbonyl (C=O) groups is 1. The minimum atomic E-state index is -0.0995. The summed E-state index contributed by atoms with van der Waals surface area (Å²) >= 11 is 3.65. The fraction of sp³-hybridized carbons (Fsp3) is 0.900. The fourth-order valence-corrected chi connectivity index (χ4v) is 4.21. The Bertz CT molecular complexity index is 246. The van der Waals surface area contributed by atoms with Crippen molar-refractivity contribution in [2.24, 2.45) is 16.7 Å². The van der Waals surface area contributed by atoms with Crippen molar-refractivity contribution in [2.75, 3.05) is 0 Å². The third kappa shape index (κ3) is 0.688. The average Bonchev–Trinajstić information content (AvgIpc) is 2.20. The van der Waals surface area contributed by atoms with Gasteiger partial charge in [0.05, 0.1) is 0 Å². The summed E-state index contributed by atoms with van der Waals surface area (Å²) in [4.78, 5) is 12.2. The van der Waals surface area contributed by atoms with Crippen LogP contribution in [0.3, 0.4) is 0 Å².